The SMILES string of the molecule is CC(C)S(=O)(=O)NC(c1ccccc1)c1cccs1. The summed E-state index contributed by atoms with van der Waals surface area (Å²) >= 11 is 1.55. The molecule has 0 bridgehead atoms. The lowest BCUT2D eigenvalue weighted by Crippen LogP contribution is -2.34. The van der Waals surface area contributed by atoms with Gasteiger partial charge in [0, 0.05) is 4.88 Å². The van der Waals surface area contributed by atoms with Crippen molar-refractivity contribution in [2.24, 2.45) is 0 Å². The predicted octanol–water partition coefficient (Wildman–Crippen LogP) is 3.17. The highest BCUT2D eigenvalue weighted by atomic mass is 32.2. The van der Waals surface area contributed by atoms with Crippen molar-refractivity contribution in [3.8, 4) is 0 Å². The van der Waals surface area contributed by atoms with Crippen molar-refractivity contribution in [3.05, 3.63) is 58.3 Å². The molecule has 0 saturated carbocycles. The second kappa shape index (κ2) is 5.86. The molecule has 5 heteroatoms. The molecule has 1 unspecified atom stereocenters. The van der Waals surface area contributed by atoms with Crippen LogP contribution in [0.5, 0.6) is 0 Å². The molecule has 1 aromatic carbocycles. The van der Waals surface area contributed by atoms with Crippen molar-refractivity contribution < 1.29 is 8.42 Å². The van der Waals surface area contributed by atoms with E-state index in [0.29, 0.717) is 0 Å². The Morgan fingerprint density at radius 1 is 1.05 bits per heavy atom. The molecule has 102 valence electrons. The molecule has 2 aromatic rings. The largest absolute Gasteiger partial charge is 0.214 e. The lowest BCUT2D eigenvalue weighted by molar-refractivity contribution is 0.564. The third-order valence-electron chi connectivity index (χ3n) is 2.86. The van der Waals surface area contributed by atoms with Crippen LogP contribution in [0.1, 0.15) is 30.3 Å². The highest BCUT2D eigenvalue weighted by Gasteiger charge is 2.24. The molecular formula is C14H17NO2S2. The number of rotatable bonds is 5. The molecule has 19 heavy (non-hydrogen) atoms. The first-order valence-electron chi connectivity index (χ1n) is 6.10. The number of benzene rings is 1. The van der Waals surface area contributed by atoms with Gasteiger partial charge in [-0.25, -0.2) is 13.1 Å². The van der Waals surface area contributed by atoms with Crippen LogP contribution in [0, 0.1) is 0 Å². The van der Waals surface area contributed by atoms with Crippen molar-refractivity contribution >= 4 is 21.4 Å². The van der Waals surface area contributed by atoms with Gasteiger partial charge in [-0.3, -0.25) is 0 Å². The van der Waals surface area contributed by atoms with E-state index >= 15 is 0 Å². The summed E-state index contributed by atoms with van der Waals surface area (Å²) in [5, 5.41) is 1.51. The van der Waals surface area contributed by atoms with Crippen molar-refractivity contribution in [2.45, 2.75) is 25.1 Å². The molecule has 0 saturated heterocycles. The lowest BCUT2D eigenvalue weighted by Gasteiger charge is -2.19. The van der Waals surface area contributed by atoms with Gasteiger partial charge in [-0.15, -0.1) is 11.3 Å². The van der Waals surface area contributed by atoms with Crippen LogP contribution in [-0.2, 0) is 10.0 Å². The second-order valence-electron chi connectivity index (χ2n) is 4.57. The molecule has 1 N–H and O–H groups in total. The number of nitrogens with one attached hydrogen (secondary N) is 1. The van der Waals surface area contributed by atoms with Crippen LogP contribution in [0.2, 0.25) is 0 Å². The summed E-state index contributed by atoms with van der Waals surface area (Å²) in [5.74, 6) is 0. The van der Waals surface area contributed by atoms with Crippen LogP contribution < -0.4 is 4.72 Å². The van der Waals surface area contributed by atoms with Crippen LogP contribution in [0.3, 0.4) is 0 Å². The zero-order valence-electron chi connectivity index (χ0n) is 10.9. The molecular weight excluding hydrogens is 278 g/mol. The molecule has 0 spiro atoms. The fourth-order valence-corrected chi connectivity index (χ4v) is 3.43. The van der Waals surface area contributed by atoms with E-state index in [4.69, 9.17) is 0 Å². The van der Waals surface area contributed by atoms with Gasteiger partial charge in [0.2, 0.25) is 10.0 Å². The van der Waals surface area contributed by atoms with Crippen molar-refractivity contribution in [1.82, 2.24) is 4.72 Å². The Labute approximate surface area is 118 Å². The molecule has 0 aliphatic rings. The average molecular weight is 295 g/mol. The molecule has 0 radical (unpaired) electrons. The Kier molecular flexibility index (Phi) is 4.39. The molecule has 0 aliphatic heterocycles. The van der Waals surface area contributed by atoms with Gasteiger partial charge in [0.1, 0.15) is 0 Å². The number of hydrogen-bond donors (Lipinski definition) is 1. The standard InChI is InChI=1S/C14H17NO2S2/c1-11(2)19(16,17)15-14(13-9-6-10-18-13)12-7-4-3-5-8-12/h3-11,14-15H,1-2H3. The number of sulfonamides is 1. The first kappa shape index (κ1) is 14.2. The normalized spacial score (nSPS) is 13.6. The summed E-state index contributed by atoms with van der Waals surface area (Å²) in [4.78, 5) is 0.996. The minimum atomic E-state index is -3.31. The minimum absolute atomic E-state index is 0.311. The summed E-state index contributed by atoms with van der Waals surface area (Å²) < 4.78 is 27.0. The van der Waals surface area contributed by atoms with E-state index in [0.717, 1.165) is 10.4 Å². The molecule has 3 nitrogen and oxygen atoms in total. The van der Waals surface area contributed by atoms with Gasteiger partial charge in [0.25, 0.3) is 0 Å². The van der Waals surface area contributed by atoms with Crippen LogP contribution in [0.25, 0.3) is 0 Å². The highest BCUT2D eigenvalue weighted by Crippen LogP contribution is 2.27. The summed E-state index contributed by atoms with van der Waals surface area (Å²) in [6.07, 6.45) is 0. The van der Waals surface area contributed by atoms with Gasteiger partial charge >= 0.3 is 0 Å². The second-order valence-corrected chi connectivity index (χ2v) is 7.82. The van der Waals surface area contributed by atoms with Crippen molar-refractivity contribution in [2.75, 3.05) is 0 Å². The van der Waals surface area contributed by atoms with E-state index in [1.54, 1.807) is 25.2 Å². The van der Waals surface area contributed by atoms with Gasteiger partial charge in [-0.1, -0.05) is 36.4 Å². The molecule has 0 aliphatic carbocycles. The Morgan fingerprint density at radius 2 is 1.74 bits per heavy atom. The molecule has 2 rings (SSSR count). The zero-order valence-corrected chi connectivity index (χ0v) is 12.5. The Balaban J connectivity index is 2.37. The first-order chi connectivity index (χ1) is 9.00. The average Bonchev–Trinajstić information content (AvgIpc) is 2.90. The molecule has 0 amide bonds. The fraction of sp³-hybridized carbons (Fsp3) is 0.286. The van der Waals surface area contributed by atoms with Crippen molar-refractivity contribution in [3.63, 3.8) is 0 Å². The third-order valence-corrected chi connectivity index (χ3v) is 5.61. The summed E-state index contributed by atoms with van der Waals surface area (Å²) in [7, 11) is -3.31. The van der Waals surface area contributed by atoms with E-state index < -0.39 is 15.3 Å². The van der Waals surface area contributed by atoms with Crippen LogP contribution >= 0.6 is 11.3 Å². The monoisotopic (exact) mass is 295 g/mol. The maximum absolute atomic E-state index is 12.1. The molecule has 1 atom stereocenters. The van der Waals surface area contributed by atoms with E-state index in [-0.39, 0.29) is 6.04 Å². The maximum atomic E-state index is 12.1. The van der Waals surface area contributed by atoms with E-state index in [9.17, 15) is 8.42 Å². The van der Waals surface area contributed by atoms with Crippen LogP contribution in [-0.4, -0.2) is 13.7 Å². The van der Waals surface area contributed by atoms with Crippen LogP contribution in [0.15, 0.2) is 47.8 Å². The third kappa shape index (κ3) is 3.43. The van der Waals surface area contributed by atoms with Gasteiger partial charge in [-0.05, 0) is 30.9 Å². The van der Waals surface area contributed by atoms with Gasteiger partial charge < -0.3 is 0 Å². The smallest absolute Gasteiger partial charge is 0.212 e. The number of thiophene rings is 1. The summed E-state index contributed by atoms with van der Waals surface area (Å²) in [6, 6.07) is 13.2. The van der Waals surface area contributed by atoms with Gasteiger partial charge in [-0.2, -0.15) is 0 Å². The quantitative estimate of drug-likeness (QED) is 0.921. The maximum Gasteiger partial charge on any atom is 0.214 e. The minimum Gasteiger partial charge on any atom is -0.212 e. The summed E-state index contributed by atoms with van der Waals surface area (Å²) in [6.45, 7) is 3.36. The van der Waals surface area contributed by atoms with Crippen molar-refractivity contribution in [1.29, 1.82) is 0 Å². The lowest BCUT2D eigenvalue weighted by atomic mass is 10.1. The fourth-order valence-electron chi connectivity index (χ4n) is 1.69. The Hall–Kier alpha value is -1.17. The van der Waals surface area contributed by atoms with Crippen LogP contribution in [0.4, 0.5) is 0 Å². The molecule has 1 heterocycles. The zero-order chi connectivity index (χ0) is 13.9. The predicted molar refractivity (Wildman–Crippen MR) is 79.8 cm³/mol. The van der Waals surface area contributed by atoms with Gasteiger partial charge in [0.05, 0.1) is 11.3 Å². The molecule has 1 aromatic heterocycles. The molecule has 0 fully saturated rings. The Bertz CT molecular complexity index is 604. The van der Waals surface area contributed by atoms with E-state index in [2.05, 4.69) is 4.72 Å². The topological polar surface area (TPSA) is 46.2 Å². The first-order valence-corrected chi connectivity index (χ1v) is 8.53. The number of hydrogen-bond acceptors (Lipinski definition) is 3. The highest BCUT2D eigenvalue weighted by molar-refractivity contribution is 7.90. The van der Waals surface area contributed by atoms with Gasteiger partial charge in [0.15, 0.2) is 0 Å². The van der Waals surface area contributed by atoms with E-state index in [1.165, 1.54) is 0 Å². The van der Waals surface area contributed by atoms with E-state index in [1.807, 2.05) is 47.8 Å². The Morgan fingerprint density at radius 3 is 2.26 bits per heavy atom. The summed E-state index contributed by atoms with van der Waals surface area (Å²) in [5.41, 5.74) is 0.953.